The predicted octanol–water partition coefficient (Wildman–Crippen LogP) is 2.24. The number of rotatable bonds is 4. The zero-order valence-corrected chi connectivity index (χ0v) is 13.1. The molecular formula is C18H20N4O. The number of hydrogen-bond acceptors (Lipinski definition) is 5. The summed E-state index contributed by atoms with van der Waals surface area (Å²) in [6.07, 6.45) is 3.59. The standard InChI is InChI=1S/C18H20N4O/c23-13-14-1-3-15(4-2-14)17-7-8-18(20-19-17)22-11-9-21(10-12-22)16-5-6-16/h1-4,7-8,13,16H,5-6,9-12H2. The highest BCUT2D eigenvalue weighted by molar-refractivity contribution is 5.76. The molecule has 1 saturated heterocycles. The van der Waals surface area contributed by atoms with Gasteiger partial charge in [-0.05, 0) is 25.0 Å². The van der Waals surface area contributed by atoms with Gasteiger partial charge in [0.05, 0.1) is 5.69 Å². The van der Waals surface area contributed by atoms with Crippen molar-refractivity contribution in [1.82, 2.24) is 15.1 Å². The molecule has 1 saturated carbocycles. The quantitative estimate of drug-likeness (QED) is 0.811. The molecule has 2 aliphatic rings. The molecule has 118 valence electrons. The Kier molecular flexibility index (Phi) is 3.79. The Hall–Kier alpha value is -2.27. The average molecular weight is 308 g/mol. The van der Waals surface area contributed by atoms with E-state index in [0.29, 0.717) is 5.56 Å². The van der Waals surface area contributed by atoms with E-state index in [2.05, 4.69) is 20.0 Å². The zero-order valence-electron chi connectivity index (χ0n) is 13.1. The van der Waals surface area contributed by atoms with Crippen molar-refractivity contribution in [2.24, 2.45) is 0 Å². The lowest BCUT2D eigenvalue weighted by Gasteiger charge is -2.35. The summed E-state index contributed by atoms with van der Waals surface area (Å²) in [5.41, 5.74) is 2.49. The highest BCUT2D eigenvalue weighted by Gasteiger charge is 2.31. The van der Waals surface area contributed by atoms with Crippen LogP contribution in [0.4, 0.5) is 5.82 Å². The number of anilines is 1. The summed E-state index contributed by atoms with van der Waals surface area (Å²) in [6, 6.07) is 12.3. The van der Waals surface area contributed by atoms with Crippen LogP contribution in [-0.4, -0.2) is 53.6 Å². The normalized spacial score (nSPS) is 18.9. The molecular weight excluding hydrogens is 288 g/mol. The lowest BCUT2D eigenvalue weighted by molar-refractivity contribution is 0.112. The maximum absolute atomic E-state index is 10.7. The fourth-order valence-corrected chi connectivity index (χ4v) is 3.14. The minimum atomic E-state index is 0.673. The summed E-state index contributed by atoms with van der Waals surface area (Å²) >= 11 is 0. The van der Waals surface area contributed by atoms with E-state index in [4.69, 9.17) is 0 Å². The molecule has 23 heavy (non-hydrogen) atoms. The first-order valence-electron chi connectivity index (χ1n) is 8.22. The summed E-state index contributed by atoms with van der Waals surface area (Å²) in [7, 11) is 0. The number of piperazine rings is 1. The van der Waals surface area contributed by atoms with Crippen LogP contribution in [0.5, 0.6) is 0 Å². The van der Waals surface area contributed by atoms with E-state index >= 15 is 0 Å². The Morgan fingerprint density at radius 2 is 1.65 bits per heavy atom. The van der Waals surface area contributed by atoms with Crippen molar-refractivity contribution < 1.29 is 4.79 Å². The molecule has 0 amide bonds. The van der Waals surface area contributed by atoms with E-state index in [1.54, 1.807) is 12.1 Å². The largest absolute Gasteiger partial charge is 0.353 e. The molecule has 0 bridgehead atoms. The zero-order chi connectivity index (χ0) is 15.6. The Bertz CT molecular complexity index is 671. The van der Waals surface area contributed by atoms with Gasteiger partial charge in [0.15, 0.2) is 5.82 Å². The van der Waals surface area contributed by atoms with Crippen LogP contribution in [0.1, 0.15) is 23.2 Å². The topological polar surface area (TPSA) is 49.3 Å². The fraction of sp³-hybridized carbons (Fsp3) is 0.389. The second-order valence-electron chi connectivity index (χ2n) is 6.27. The molecule has 2 fully saturated rings. The lowest BCUT2D eigenvalue weighted by atomic mass is 10.1. The SMILES string of the molecule is O=Cc1ccc(-c2ccc(N3CCN(C4CC4)CC3)nn2)cc1. The number of aromatic nitrogens is 2. The molecule has 0 spiro atoms. The molecule has 2 aromatic rings. The monoisotopic (exact) mass is 308 g/mol. The number of benzene rings is 1. The molecule has 2 heterocycles. The van der Waals surface area contributed by atoms with Crippen LogP contribution in [0.2, 0.25) is 0 Å². The van der Waals surface area contributed by atoms with Gasteiger partial charge in [0.1, 0.15) is 6.29 Å². The van der Waals surface area contributed by atoms with E-state index in [9.17, 15) is 4.79 Å². The highest BCUT2D eigenvalue weighted by Crippen LogP contribution is 2.28. The third-order valence-electron chi connectivity index (χ3n) is 4.69. The van der Waals surface area contributed by atoms with Gasteiger partial charge in [-0.25, -0.2) is 0 Å². The van der Waals surface area contributed by atoms with Crippen molar-refractivity contribution >= 4 is 12.1 Å². The Morgan fingerprint density at radius 3 is 2.22 bits per heavy atom. The van der Waals surface area contributed by atoms with Gasteiger partial charge in [-0.1, -0.05) is 24.3 Å². The van der Waals surface area contributed by atoms with E-state index in [0.717, 1.165) is 55.6 Å². The second kappa shape index (κ2) is 6.08. The van der Waals surface area contributed by atoms with E-state index in [1.807, 2.05) is 24.3 Å². The van der Waals surface area contributed by atoms with Gasteiger partial charge in [0.25, 0.3) is 0 Å². The van der Waals surface area contributed by atoms with Crippen LogP contribution >= 0.6 is 0 Å². The first kappa shape index (κ1) is 14.3. The number of aldehydes is 1. The van der Waals surface area contributed by atoms with Gasteiger partial charge in [-0.3, -0.25) is 9.69 Å². The van der Waals surface area contributed by atoms with E-state index in [-0.39, 0.29) is 0 Å². The van der Waals surface area contributed by atoms with Crippen molar-refractivity contribution in [2.45, 2.75) is 18.9 Å². The van der Waals surface area contributed by atoms with E-state index in [1.165, 1.54) is 12.8 Å². The summed E-state index contributed by atoms with van der Waals surface area (Å²) < 4.78 is 0. The summed E-state index contributed by atoms with van der Waals surface area (Å²) in [5.74, 6) is 0.953. The predicted molar refractivity (Wildman–Crippen MR) is 89.7 cm³/mol. The molecule has 0 radical (unpaired) electrons. The Morgan fingerprint density at radius 1 is 0.913 bits per heavy atom. The molecule has 5 heteroatoms. The molecule has 1 aliphatic carbocycles. The second-order valence-corrected chi connectivity index (χ2v) is 6.27. The number of nitrogens with zero attached hydrogens (tertiary/aromatic N) is 4. The van der Waals surface area contributed by atoms with Gasteiger partial charge in [-0.2, -0.15) is 0 Å². The van der Waals surface area contributed by atoms with Crippen LogP contribution in [0, 0.1) is 0 Å². The maximum Gasteiger partial charge on any atom is 0.151 e. The molecule has 1 aromatic carbocycles. The van der Waals surface area contributed by atoms with Crippen molar-refractivity contribution in [3.63, 3.8) is 0 Å². The molecule has 0 atom stereocenters. The minimum absolute atomic E-state index is 0.673. The lowest BCUT2D eigenvalue weighted by Crippen LogP contribution is -2.47. The molecule has 0 unspecified atom stereocenters. The summed E-state index contributed by atoms with van der Waals surface area (Å²) in [6.45, 7) is 4.31. The van der Waals surface area contributed by atoms with Crippen LogP contribution in [0.3, 0.4) is 0 Å². The van der Waals surface area contributed by atoms with Gasteiger partial charge < -0.3 is 4.90 Å². The highest BCUT2D eigenvalue weighted by atomic mass is 16.1. The third kappa shape index (κ3) is 3.10. The summed E-state index contributed by atoms with van der Waals surface area (Å²) in [5, 5.41) is 8.75. The molecule has 5 nitrogen and oxygen atoms in total. The van der Waals surface area contributed by atoms with Crippen molar-refractivity contribution in [1.29, 1.82) is 0 Å². The van der Waals surface area contributed by atoms with Gasteiger partial charge >= 0.3 is 0 Å². The third-order valence-corrected chi connectivity index (χ3v) is 4.69. The van der Waals surface area contributed by atoms with Crippen LogP contribution in [0.25, 0.3) is 11.3 Å². The first-order chi connectivity index (χ1) is 11.3. The van der Waals surface area contributed by atoms with Crippen molar-refractivity contribution in [2.75, 3.05) is 31.1 Å². The number of carbonyl (C=O) groups excluding carboxylic acids is 1. The smallest absolute Gasteiger partial charge is 0.151 e. The average Bonchev–Trinajstić information content (AvgIpc) is 3.47. The minimum Gasteiger partial charge on any atom is -0.353 e. The van der Waals surface area contributed by atoms with Gasteiger partial charge in [-0.15, -0.1) is 10.2 Å². The van der Waals surface area contributed by atoms with Crippen molar-refractivity contribution in [3.8, 4) is 11.3 Å². The van der Waals surface area contributed by atoms with E-state index < -0.39 is 0 Å². The van der Waals surface area contributed by atoms with Crippen LogP contribution in [-0.2, 0) is 0 Å². The molecule has 4 rings (SSSR count). The maximum atomic E-state index is 10.7. The molecule has 0 N–H and O–H groups in total. The number of hydrogen-bond donors (Lipinski definition) is 0. The summed E-state index contributed by atoms with van der Waals surface area (Å²) in [4.78, 5) is 15.6. The van der Waals surface area contributed by atoms with Gasteiger partial charge in [0.2, 0.25) is 0 Å². The Balaban J connectivity index is 1.44. The number of carbonyl (C=O) groups is 1. The molecule has 1 aliphatic heterocycles. The fourth-order valence-electron chi connectivity index (χ4n) is 3.14. The molecule has 1 aromatic heterocycles. The first-order valence-corrected chi connectivity index (χ1v) is 8.22. The van der Waals surface area contributed by atoms with Crippen molar-refractivity contribution in [3.05, 3.63) is 42.0 Å². The van der Waals surface area contributed by atoms with Crippen LogP contribution < -0.4 is 4.90 Å². The van der Waals surface area contributed by atoms with Crippen LogP contribution in [0.15, 0.2) is 36.4 Å². The van der Waals surface area contributed by atoms with Gasteiger partial charge in [0, 0.05) is 43.3 Å². The Labute approximate surface area is 135 Å².